The minimum atomic E-state index is -0.707. The van der Waals surface area contributed by atoms with Gasteiger partial charge < -0.3 is 14.8 Å². The highest BCUT2D eigenvalue weighted by molar-refractivity contribution is 5.75. The van der Waals surface area contributed by atoms with E-state index in [1.165, 1.54) is 7.11 Å². The Morgan fingerprint density at radius 3 is 1.88 bits per heavy atom. The van der Waals surface area contributed by atoms with Crippen molar-refractivity contribution in [3.63, 3.8) is 0 Å². The molecule has 0 aliphatic heterocycles. The van der Waals surface area contributed by atoms with Gasteiger partial charge in [0, 0.05) is 6.04 Å². The van der Waals surface area contributed by atoms with Crippen molar-refractivity contribution in [1.82, 2.24) is 5.32 Å². The third-order valence-electron chi connectivity index (χ3n) is 5.59. The summed E-state index contributed by atoms with van der Waals surface area (Å²) < 4.78 is 11.3. The number of carbonyl (C=O) groups is 1. The van der Waals surface area contributed by atoms with Crippen molar-refractivity contribution < 1.29 is 14.3 Å². The number of benzene rings is 3. The molecule has 4 nitrogen and oxygen atoms in total. The molecule has 4 heteroatoms. The zero-order valence-corrected chi connectivity index (χ0v) is 18.9. The van der Waals surface area contributed by atoms with Gasteiger partial charge in [-0.3, -0.25) is 0 Å². The van der Waals surface area contributed by atoms with Gasteiger partial charge in [0.25, 0.3) is 0 Å². The number of hydrogen-bond acceptors (Lipinski definition) is 4. The lowest BCUT2D eigenvalue weighted by molar-refractivity contribution is -0.157. The fourth-order valence-electron chi connectivity index (χ4n) is 3.86. The fourth-order valence-corrected chi connectivity index (χ4v) is 3.86. The average molecular weight is 432 g/mol. The van der Waals surface area contributed by atoms with Crippen LogP contribution in [-0.4, -0.2) is 25.2 Å². The van der Waals surface area contributed by atoms with E-state index in [9.17, 15) is 4.79 Å². The molecule has 0 saturated carbocycles. The van der Waals surface area contributed by atoms with Crippen LogP contribution in [0, 0.1) is 0 Å². The number of esters is 1. The molecule has 0 saturated heterocycles. The standard InChI is InChI=1S/C28H33NO3/c1-3-4-20-25(27(28(30)31-2)32-21-22-14-8-5-9-15-22)29-26(23-16-10-6-11-17-23)24-18-12-7-13-19-24/h5-19,25-27,29H,3-4,20-21H2,1-2H3/t25-,27+/m1/s1. The Morgan fingerprint density at radius 2 is 1.38 bits per heavy atom. The molecule has 168 valence electrons. The number of hydrogen-bond donors (Lipinski definition) is 1. The molecular formula is C28H33NO3. The van der Waals surface area contributed by atoms with Crippen LogP contribution in [0.4, 0.5) is 0 Å². The minimum absolute atomic E-state index is 0.0632. The van der Waals surface area contributed by atoms with Crippen molar-refractivity contribution in [3.8, 4) is 0 Å². The van der Waals surface area contributed by atoms with E-state index in [4.69, 9.17) is 9.47 Å². The topological polar surface area (TPSA) is 47.6 Å². The van der Waals surface area contributed by atoms with Gasteiger partial charge in [0.2, 0.25) is 0 Å². The first-order valence-corrected chi connectivity index (χ1v) is 11.3. The first-order chi connectivity index (χ1) is 15.7. The zero-order valence-electron chi connectivity index (χ0n) is 18.9. The summed E-state index contributed by atoms with van der Waals surface area (Å²) >= 11 is 0. The zero-order chi connectivity index (χ0) is 22.6. The maximum Gasteiger partial charge on any atom is 0.336 e. The molecule has 0 radical (unpaired) electrons. The van der Waals surface area contributed by atoms with Crippen molar-refractivity contribution in [2.45, 2.75) is 51.0 Å². The van der Waals surface area contributed by atoms with Crippen LogP contribution in [0.1, 0.15) is 48.9 Å². The number of methoxy groups -OCH3 is 1. The number of unbranched alkanes of at least 4 members (excludes halogenated alkanes) is 1. The number of rotatable bonds is 12. The molecule has 3 aromatic carbocycles. The molecule has 0 bridgehead atoms. The smallest absolute Gasteiger partial charge is 0.336 e. The molecule has 0 aliphatic rings. The molecule has 3 aromatic rings. The van der Waals surface area contributed by atoms with E-state index in [2.05, 4.69) is 36.5 Å². The van der Waals surface area contributed by atoms with Crippen LogP contribution in [0.3, 0.4) is 0 Å². The monoisotopic (exact) mass is 431 g/mol. The van der Waals surface area contributed by atoms with Gasteiger partial charge in [0.1, 0.15) is 0 Å². The Kier molecular flexibility index (Phi) is 9.48. The molecule has 0 unspecified atom stereocenters. The number of nitrogens with one attached hydrogen (secondary N) is 1. The molecule has 0 amide bonds. The van der Waals surface area contributed by atoms with Gasteiger partial charge in [-0.15, -0.1) is 0 Å². The van der Waals surface area contributed by atoms with Crippen LogP contribution in [0.25, 0.3) is 0 Å². The van der Waals surface area contributed by atoms with Crippen LogP contribution in [-0.2, 0) is 20.9 Å². The van der Waals surface area contributed by atoms with Gasteiger partial charge >= 0.3 is 5.97 Å². The maximum atomic E-state index is 12.8. The predicted octanol–water partition coefficient (Wildman–Crippen LogP) is 5.68. The van der Waals surface area contributed by atoms with Gasteiger partial charge in [0.15, 0.2) is 6.10 Å². The van der Waals surface area contributed by atoms with Crippen LogP contribution in [0.2, 0.25) is 0 Å². The average Bonchev–Trinajstić information content (AvgIpc) is 2.86. The van der Waals surface area contributed by atoms with E-state index < -0.39 is 6.10 Å². The van der Waals surface area contributed by atoms with E-state index in [1.807, 2.05) is 66.7 Å². The molecule has 1 N–H and O–H groups in total. The molecule has 3 rings (SSSR count). The third-order valence-corrected chi connectivity index (χ3v) is 5.59. The van der Waals surface area contributed by atoms with E-state index in [-0.39, 0.29) is 18.1 Å². The highest BCUT2D eigenvalue weighted by atomic mass is 16.6. The van der Waals surface area contributed by atoms with Gasteiger partial charge in [-0.1, -0.05) is 111 Å². The Morgan fingerprint density at radius 1 is 0.844 bits per heavy atom. The molecule has 0 aliphatic carbocycles. The lowest BCUT2D eigenvalue weighted by atomic mass is 9.95. The summed E-state index contributed by atoms with van der Waals surface area (Å²) in [7, 11) is 1.42. The van der Waals surface area contributed by atoms with Crippen molar-refractivity contribution in [3.05, 3.63) is 108 Å². The van der Waals surface area contributed by atoms with Gasteiger partial charge in [-0.2, -0.15) is 0 Å². The molecule has 2 atom stereocenters. The Labute approximate surface area is 191 Å². The van der Waals surface area contributed by atoms with E-state index in [0.717, 1.165) is 36.0 Å². The van der Waals surface area contributed by atoms with Gasteiger partial charge in [-0.25, -0.2) is 4.79 Å². The summed E-state index contributed by atoms with van der Waals surface area (Å²) in [5.41, 5.74) is 3.32. The van der Waals surface area contributed by atoms with E-state index >= 15 is 0 Å². The summed E-state index contributed by atoms with van der Waals surface area (Å²) in [5.74, 6) is -0.352. The van der Waals surface area contributed by atoms with Crippen LogP contribution in [0.5, 0.6) is 0 Å². The molecule has 0 spiro atoms. The second-order valence-corrected chi connectivity index (χ2v) is 7.91. The maximum absolute atomic E-state index is 12.8. The normalized spacial score (nSPS) is 13.0. The van der Waals surface area contributed by atoms with Crippen molar-refractivity contribution in [1.29, 1.82) is 0 Å². The summed E-state index contributed by atoms with van der Waals surface area (Å²) in [6, 6.07) is 30.3. The Balaban J connectivity index is 1.88. The number of ether oxygens (including phenoxy) is 2. The first kappa shape index (κ1) is 23.7. The summed E-state index contributed by atoms with van der Waals surface area (Å²) in [6.07, 6.45) is 2.12. The molecule has 0 fully saturated rings. The lowest BCUT2D eigenvalue weighted by Crippen LogP contribution is -2.48. The molecule has 0 heterocycles. The molecular weight excluding hydrogens is 398 g/mol. The second kappa shape index (κ2) is 12.8. The third kappa shape index (κ3) is 6.78. The second-order valence-electron chi connectivity index (χ2n) is 7.91. The first-order valence-electron chi connectivity index (χ1n) is 11.3. The van der Waals surface area contributed by atoms with Crippen molar-refractivity contribution in [2.75, 3.05) is 7.11 Å². The summed E-state index contributed by atoms with van der Waals surface area (Å²) in [5, 5.41) is 3.75. The minimum Gasteiger partial charge on any atom is -0.467 e. The summed E-state index contributed by atoms with van der Waals surface area (Å²) in [4.78, 5) is 12.8. The quantitative estimate of drug-likeness (QED) is 0.375. The van der Waals surface area contributed by atoms with E-state index in [1.54, 1.807) is 0 Å². The highest BCUT2D eigenvalue weighted by Crippen LogP contribution is 2.25. The highest BCUT2D eigenvalue weighted by Gasteiger charge is 2.32. The molecule has 0 aromatic heterocycles. The molecule has 32 heavy (non-hydrogen) atoms. The van der Waals surface area contributed by atoms with Gasteiger partial charge in [-0.05, 0) is 23.1 Å². The Hall–Kier alpha value is -2.95. The van der Waals surface area contributed by atoms with Crippen molar-refractivity contribution in [2.24, 2.45) is 0 Å². The van der Waals surface area contributed by atoms with Crippen LogP contribution < -0.4 is 5.32 Å². The van der Waals surface area contributed by atoms with E-state index in [0.29, 0.717) is 6.61 Å². The fraction of sp³-hybridized carbons (Fsp3) is 0.321. The largest absolute Gasteiger partial charge is 0.467 e. The van der Waals surface area contributed by atoms with Crippen LogP contribution in [0.15, 0.2) is 91.0 Å². The SMILES string of the molecule is CCCC[C@@H](NC(c1ccccc1)c1ccccc1)[C@H](OCc1ccccc1)C(=O)OC. The van der Waals surface area contributed by atoms with Crippen molar-refractivity contribution >= 4 is 5.97 Å². The summed E-state index contributed by atoms with van der Waals surface area (Å²) in [6.45, 7) is 2.51. The van der Waals surface area contributed by atoms with Crippen LogP contribution >= 0.6 is 0 Å². The van der Waals surface area contributed by atoms with Gasteiger partial charge in [0.05, 0.1) is 19.8 Å². The Bertz CT molecular complexity index is 876. The predicted molar refractivity (Wildman–Crippen MR) is 128 cm³/mol. The number of carbonyl (C=O) groups excluding carboxylic acids is 1. The lowest BCUT2D eigenvalue weighted by Gasteiger charge is -2.31.